The molecule has 20 heavy (non-hydrogen) atoms. The molecule has 0 aliphatic heterocycles. The zero-order valence-electron chi connectivity index (χ0n) is 11.6. The van der Waals surface area contributed by atoms with Crippen molar-refractivity contribution < 1.29 is 10.0 Å². The van der Waals surface area contributed by atoms with E-state index < -0.39 is 0 Å². The molecule has 2 rings (SSSR count). The average molecular weight is 279 g/mol. The van der Waals surface area contributed by atoms with E-state index in [1.54, 1.807) is 18.2 Å². The van der Waals surface area contributed by atoms with Crippen molar-refractivity contribution in [1.82, 2.24) is 0 Å². The summed E-state index contributed by atoms with van der Waals surface area (Å²) in [6.45, 7) is 3.10. The summed E-state index contributed by atoms with van der Waals surface area (Å²) in [7, 11) is 0. The van der Waals surface area contributed by atoms with Gasteiger partial charge in [0.05, 0.1) is 11.0 Å². The van der Waals surface area contributed by atoms with Gasteiger partial charge in [0.25, 0.3) is 0 Å². The Kier molecular flexibility index (Phi) is 4.79. The Labute approximate surface area is 118 Å². The zero-order chi connectivity index (χ0) is 14.5. The van der Waals surface area contributed by atoms with E-state index in [2.05, 4.69) is 10.6 Å². The van der Waals surface area contributed by atoms with E-state index in [9.17, 15) is 15.2 Å². The van der Waals surface area contributed by atoms with Gasteiger partial charge in [-0.15, -0.1) is 0 Å². The van der Waals surface area contributed by atoms with Crippen LogP contribution < -0.4 is 10.6 Å². The molecule has 0 amide bonds. The molecule has 2 unspecified atom stereocenters. The molecule has 1 aliphatic rings. The molecular formula is C14H21N3O3. The second-order valence-electron chi connectivity index (χ2n) is 5.13. The maximum absolute atomic E-state index is 11.3. The largest absolute Gasteiger partial charge is 0.393 e. The van der Waals surface area contributed by atoms with Gasteiger partial charge in [-0.1, -0.05) is 12.5 Å². The van der Waals surface area contributed by atoms with Crippen LogP contribution in [0.3, 0.4) is 0 Å². The highest BCUT2D eigenvalue weighted by atomic mass is 16.6. The number of anilines is 2. The first kappa shape index (κ1) is 14.6. The number of nitrogens with zero attached hydrogens (tertiary/aromatic N) is 1. The minimum Gasteiger partial charge on any atom is -0.393 e. The van der Waals surface area contributed by atoms with Gasteiger partial charge in [0.15, 0.2) is 0 Å². The molecule has 0 bridgehead atoms. The molecule has 3 N–H and O–H groups in total. The SMILES string of the molecule is CCNc1cccc(NCC2CCCC2O)c1[N+](=O)[O-]. The molecule has 0 heterocycles. The topological polar surface area (TPSA) is 87.4 Å². The smallest absolute Gasteiger partial charge is 0.315 e. The average Bonchev–Trinajstić information content (AvgIpc) is 2.82. The number of benzene rings is 1. The van der Waals surface area contributed by atoms with Crippen LogP contribution in [0.2, 0.25) is 0 Å². The van der Waals surface area contributed by atoms with E-state index in [-0.39, 0.29) is 22.6 Å². The number of hydrogen-bond acceptors (Lipinski definition) is 5. The fraction of sp³-hybridized carbons (Fsp3) is 0.571. The highest BCUT2D eigenvalue weighted by Gasteiger charge is 2.26. The van der Waals surface area contributed by atoms with Crippen molar-refractivity contribution in [2.45, 2.75) is 32.3 Å². The minimum absolute atomic E-state index is 0.0711. The molecule has 0 aromatic heterocycles. The van der Waals surface area contributed by atoms with E-state index in [0.717, 1.165) is 19.3 Å². The highest BCUT2D eigenvalue weighted by Crippen LogP contribution is 2.34. The summed E-state index contributed by atoms with van der Waals surface area (Å²) in [5.41, 5.74) is 1.10. The predicted octanol–water partition coefficient (Wildman–Crippen LogP) is 2.60. The van der Waals surface area contributed by atoms with Crippen LogP contribution in [-0.2, 0) is 0 Å². The number of rotatable bonds is 6. The van der Waals surface area contributed by atoms with Gasteiger partial charge in [-0.3, -0.25) is 10.1 Å². The second kappa shape index (κ2) is 6.56. The summed E-state index contributed by atoms with van der Waals surface area (Å²) in [5, 5.41) is 27.2. The molecule has 1 saturated carbocycles. The molecule has 0 radical (unpaired) electrons. The van der Waals surface area contributed by atoms with Crippen LogP contribution in [0, 0.1) is 16.0 Å². The molecule has 0 saturated heterocycles. The van der Waals surface area contributed by atoms with Crippen LogP contribution in [0.5, 0.6) is 0 Å². The van der Waals surface area contributed by atoms with Crippen LogP contribution in [0.15, 0.2) is 18.2 Å². The van der Waals surface area contributed by atoms with Gasteiger partial charge in [0.1, 0.15) is 11.4 Å². The highest BCUT2D eigenvalue weighted by molar-refractivity contribution is 5.76. The summed E-state index contributed by atoms with van der Waals surface area (Å²) < 4.78 is 0. The molecule has 1 aromatic rings. The molecule has 110 valence electrons. The van der Waals surface area contributed by atoms with Gasteiger partial charge in [0.2, 0.25) is 0 Å². The van der Waals surface area contributed by atoms with Crippen molar-refractivity contribution in [2.75, 3.05) is 23.7 Å². The van der Waals surface area contributed by atoms with Crippen LogP contribution in [0.4, 0.5) is 17.1 Å². The second-order valence-corrected chi connectivity index (χ2v) is 5.13. The Morgan fingerprint density at radius 2 is 2.05 bits per heavy atom. The quantitative estimate of drug-likeness (QED) is 0.550. The summed E-state index contributed by atoms with van der Waals surface area (Å²) in [6, 6.07) is 5.20. The number of nitro groups is 1. The van der Waals surface area contributed by atoms with Crippen molar-refractivity contribution in [3.8, 4) is 0 Å². The number of hydrogen-bond donors (Lipinski definition) is 3. The van der Waals surface area contributed by atoms with Crippen LogP contribution in [0.25, 0.3) is 0 Å². The molecule has 2 atom stereocenters. The summed E-state index contributed by atoms with van der Waals surface area (Å²) >= 11 is 0. The Balaban J connectivity index is 2.13. The Bertz CT molecular complexity index is 479. The number of para-hydroxylation sites is 1. The van der Waals surface area contributed by atoms with Crippen molar-refractivity contribution in [1.29, 1.82) is 0 Å². The van der Waals surface area contributed by atoms with Gasteiger partial charge in [-0.25, -0.2) is 0 Å². The van der Waals surface area contributed by atoms with Crippen molar-refractivity contribution in [3.63, 3.8) is 0 Å². The monoisotopic (exact) mass is 279 g/mol. The number of nitro benzene ring substituents is 1. The first-order valence-corrected chi connectivity index (χ1v) is 7.06. The van der Waals surface area contributed by atoms with Crippen molar-refractivity contribution in [2.24, 2.45) is 5.92 Å². The lowest BCUT2D eigenvalue weighted by atomic mass is 10.1. The van der Waals surface area contributed by atoms with Crippen LogP contribution in [-0.4, -0.2) is 29.2 Å². The fourth-order valence-electron chi connectivity index (χ4n) is 2.71. The van der Waals surface area contributed by atoms with E-state index in [4.69, 9.17) is 0 Å². The van der Waals surface area contributed by atoms with Gasteiger partial charge < -0.3 is 15.7 Å². The third kappa shape index (κ3) is 3.19. The van der Waals surface area contributed by atoms with E-state index in [1.165, 1.54) is 0 Å². The number of nitrogens with one attached hydrogen (secondary N) is 2. The van der Waals surface area contributed by atoms with Gasteiger partial charge in [-0.05, 0) is 31.9 Å². The summed E-state index contributed by atoms with van der Waals surface area (Å²) in [6.07, 6.45) is 2.52. The van der Waals surface area contributed by atoms with E-state index in [0.29, 0.717) is 24.5 Å². The van der Waals surface area contributed by atoms with Gasteiger partial charge in [0, 0.05) is 19.0 Å². The molecule has 1 aromatic carbocycles. The summed E-state index contributed by atoms with van der Waals surface area (Å²) in [4.78, 5) is 10.9. The molecule has 0 spiro atoms. The fourth-order valence-corrected chi connectivity index (χ4v) is 2.71. The molecular weight excluding hydrogens is 258 g/mol. The minimum atomic E-state index is -0.370. The first-order chi connectivity index (χ1) is 9.63. The van der Waals surface area contributed by atoms with Crippen LogP contribution >= 0.6 is 0 Å². The molecule has 6 heteroatoms. The van der Waals surface area contributed by atoms with E-state index in [1.807, 2.05) is 6.92 Å². The third-order valence-corrected chi connectivity index (χ3v) is 3.76. The van der Waals surface area contributed by atoms with Crippen molar-refractivity contribution >= 4 is 17.1 Å². The molecule has 1 fully saturated rings. The lowest BCUT2D eigenvalue weighted by Crippen LogP contribution is -2.22. The zero-order valence-corrected chi connectivity index (χ0v) is 11.6. The Morgan fingerprint density at radius 3 is 2.60 bits per heavy atom. The standard InChI is InChI=1S/C14H21N3O3/c1-2-15-11-6-4-7-12(14(11)17(19)20)16-9-10-5-3-8-13(10)18/h4,6-7,10,13,15-16,18H,2-3,5,8-9H2,1H3. The summed E-state index contributed by atoms with van der Waals surface area (Å²) in [5.74, 6) is 0.178. The number of aliphatic hydroxyl groups is 1. The third-order valence-electron chi connectivity index (χ3n) is 3.76. The lowest BCUT2D eigenvalue weighted by molar-refractivity contribution is -0.383. The molecule has 6 nitrogen and oxygen atoms in total. The predicted molar refractivity (Wildman–Crippen MR) is 79.1 cm³/mol. The van der Waals surface area contributed by atoms with Gasteiger partial charge in [-0.2, -0.15) is 0 Å². The maximum Gasteiger partial charge on any atom is 0.315 e. The normalized spacial score (nSPS) is 21.7. The Morgan fingerprint density at radius 1 is 1.35 bits per heavy atom. The number of aliphatic hydroxyl groups excluding tert-OH is 1. The maximum atomic E-state index is 11.3. The Hall–Kier alpha value is -1.82. The van der Waals surface area contributed by atoms with Gasteiger partial charge >= 0.3 is 5.69 Å². The van der Waals surface area contributed by atoms with Crippen LogP contribution in [0.1, 0.15) is 26.2 Å². The first-order valence-electron chi connectivity index (χ1n) is 7.06. The van der Waals surface area contributed by atoms with E-state index >= 15 is 0 Å². The van der Waals surface area contributed by atoms with Crippen molar-refractivity contribution in [3.05, 3.63) is 28.3 Å². The lowest BCUT2D eigenvalue weighted by Gasteiger charge is -2.16. The molecule has 1 aliphatic carbocycles.